The first-order valence-electron chi connectivity index (χ1n) is 14.8. The molecule has 0 aromatic heterocycles. The van der Waals surface area contributed by atoms with Gasteiger partial charge in [-0.1, -0.05) is 83.1 Å². The lowest BCUT2D eigenvalue weighted by Crippen LogP contribution is -2.77. The maximum atomic E-state index is 7.84. The van der Waals surface area contributed by atoms with Crippen molar-refractivity contribution >= 4 is 34.2 Å². The SMILES string of the molecule is COCC[Si]1(C(C)(C)C)O[Si](CCOC)(C(C)(C)C)O[Si](CCOC)(C(C)(C)C)O[Si](CCOC)(C(C)(C)C)O1. The Kier molecular flexibility index (Phi) is 13.6. The predicted molar refractivity (Wildman–Crippen MR) is 173 cm³/mol. The van der Waals surface area contributed by atoms with Crippen molar-refractivity contribution in [3.05, 3.63) is 0 Å². The molecule has 0 unspecified atom stereocenters. The van der Waals surface area contributed by atoms with E-state index >= 15 is 0 Å². The average molecular weight is 641 g/mol. The summed E-state index contributed by atoms with van der Waals surface area (Å²) in [7, 11) is -5.40. The summed E-state index contributed by atoms with van der Waals surface area (Å²) in [4.78, 5) is 0. The van der Waals surface area contributed by atoms with Crippen molar-refractivity contribution in [1.29, 1.82) is 0 Å². The number of methoxy groups -OCH3 is 4. The first-order valence-corrected chi connectivity index (χ1v) is 22.9. The van der Waals surface area contributed by atoms with Gasteiger partial charge in [-0.3, -0.25) is 0 Å². The van der Waals surface area contributed by atoms with E-state index in [4.69, 9.17) is 35.4 Å². The Morgan fingerprint density at radius 1 is 0.350 bits per heavy atom. The van der Waals surface area contributed by atoms with Gasteiger partial charge in [0.1, 0.15) is 0 Å². The van der Waals surface area contributed by atoms with Crippen LogP contribution in [0.3, 0.4) is 0 Å². The van der Waals surface area contributed by atoms with Gasteiger partial charge in [-0.15, -0.1) is 0 Å². The highest BCUT2D eigenvalue weighted by Gasteiger charge is 2.71. The van der Waals surface area contributed by atoms with Gasteiger partial charge in [-0.2, -0.15) is 0 Å². The summed E-state index contributed by atoms with van der Waals surface area (Å²) < 4.78 is 54.3. The first kappa shape index (κ1) is 38.6. The molecule has 0 spiro atoms. The summed E-state index contributed by atoms with van der Waals surface area (Å²) in [6.07, 6.45) is 0. The van der Waals surface area contributed by atoms with Gasteiger partial charge in [0, 0.05) is 99.2 Å². The summed E-state index contributed by atoms with van der Waals surface area (Å²) >= 11 is 0. The smallest absolute Gasteiger partial charge is 0.328 e. The minimum absolute atomic E-state index is 0.277. The van der Waals surface area contributed by atoms with Gasteiger partial charge < -0.3 is 35.4 Å². The van der Waals surface area contributed by atoms with Crippen LogP contribution in [0.25, 0.3) is 0 Å². The summed E-state index contributed by atoms with van der Waals surface area (Å²) in [6.45, 7) is 29.3. The quantitative estimate of drug-likeness (QED) is 0.202. The number of ether oxygens (including phenoxy) is 4. The van der Waals surface area contributed by atoms with Gasteiger partial charge in [0.25, 0.3) is 0 Å². The molecule has 8 nitrogen and oxygen atoms in total. The monoisotopic (exact) mass is 640 g/mol. The van der Waals surface area contributed by atoms with Crippen molar-refractivity contribution in [1.82, 2.24) is 0 Å². The second-order valence-corrected chi connectivity index (χ2v) is 32.7. The van der Waals surface area contributed by atoms with Crippen molar-refractivity contribution in [2.45, 2.75) is 127 Å². The standard InChI is InChI=1S/C28H64O8Si4/c1-25(2,3)37(21-17-29-13)33-38(22-18-30-14,26(4,5)6)35-40(24-20-32-16,28(10,11)12)36-39(34-37,23-19-31-15)27(7,8)9/h17-24H2,1-16H3. The van der Waals surface area contributed by atoms with E-state index in [1.165, 1.54) is 0 Å². The van der Waals surface area contributed by atoms with Gasteiger partial charge >= 0.3 is 34.2 Å². The van der Waals surface area contributed by atoms with Crippen molar-refractivity contribution in [2.75, 3.05) is 54.9 Å². The zero-order valence-corrected chi connectivity index (χ0v) is 32.9. The molecule has 0 aromatic carbocycles. The fourth-order valence-corrected chi connectivity index (χ4v) is 33.9. The van der Waals surface area contributed by atoms with Crippen LogP contribution < -0.4 is 0 Å². The third kappa shape index (κ3) is 8.38. The molecule has 0 saturated carbocycles. The molecule has 1 aliphatic heterocycles. The first-order chi connectivity index (χ1) is 18.1. The Balaban J connectivity index is 4.32. The van der Waals surface area contributed by atoms with Crippen LogP contribution in [0.5, 0.6) is 0 Å². The fourth-order valence-electron chi connectivity index (χ4n) is 5.23. The average Bonchev–Trinajstić information content (AvgIpc) is 2.78. The summed E-state index contributed by atoms with van der Waals surface area (Å²) in [5.41, 5.74) is 0. The van der Waals surface area contributed by atoms with E-state index in [1.54, 1.807) is 28.4 Å². The molecule has 0 atom stereocenters. The van der Waals surface area contributed by atoms with E-state index < -0.39 is 34.2 Å². The van der Waals surface area contributed by atoms with E-state index in [9.17, 15) is 0 Å². The van der Waals surface area contributed by atoms with Crippen LogP contribution in [0.4, 0.5) is 0 Å². The molecule has 40 heavy (non-hydrogen) atoms. The lowest BCUT2D eigenvalue weighted by Gasteiger charge is -2.62. The Morgan fingerprint density at radius 3 is 0.600 bits per heavy atom. The van der Waals surface area contributed by atoms with Crippen LogP contribution >= 0.6 is 0 Å². The Hall–Kier alpha value is 0.548. The van der Waals surface area contributed by atoms with Crippen LogP contribution in [-0.2, 0) is 35.4 Å². The van der Waals surface area contributed by atoms with E-state index in [2.05, 4.69) is 83.1 Å². The molecule has 240 valence electrons. The molecule has 0 radical (unpaired) electrons. The normalized spacial score (nSPS) is 31.2. The van der Waals surface area contributed by atoms with Gasteiger partial charge in [0.15, 0.2) is 0 Å². The zero-order chi connectivity index (χ0) is 31.3. The predicted octanol–water partition coefficient (Wildman–Crippen LogP) is 7.62. The minimum atomic E-state index is -3.10. The third-order valence-electron chi connectivity index (χ3n) is 8.43. The van der Waals surface area contributed by atoms with Gasteiger partial charge in [-0.05, 0) is 0 Å². The molecule has 0 N–H and O–H groups in total. The lowest BCUT2D eigenvalue weighted by molar-refractivity contribution is 0.128. The van der Waals surface area contributed by atoms with Crippen molar-refractivity contribution in [3.8, 4) is 0 Å². The molecule has 0 aromatic rings. The highest BCUT2D eigenvalue weighted by molar-refractivity contribution is 6.97. The minimum Gasteiger partial charge on any atom is -0.415 e. The molecule has 0 amide bonds. The maximum Gasteiger partial charge on any atom is 0.328 e. The summed E-state index contributed by atoms with van der Waals surface area (Å²) in [5.74, 6) is 0. The molecule has 12 heteroatoms. The second-order valence-electron chi connectivity index (χ2n) is 15.4. The van der Waals surface area contributed by atoms with Crippen molar-refractivity contribution in [2.24, 2.45) is 0 Å². The molecule has 1 heterocycles. The largest absolute Gasteiger partial charge is 0.415 e. The lowest BCUT2D eigenvalue weighted by atomic mass is 10.2. The van der Waals surface area contributed by atoms with Crippen LogP contribution in [0.15, 0.2) is 0 Å². The van der Waals surface area contributed by atoms with E-state index in [-0.39, 0.29) is 20.2 Å². The molecular weight excluding hydrogens is 577 g/mol. The number of hydrogen-bond acceptors (Lipinski definition) is 8. The highest BCUT2D eigenvalue weighted by Crippen LogP contribution is 2.59. The molecule has 1 saturated heterocycles. The van der Waals surface area contributed by atoms with Gasteiger partial charge in [0.2, 0.25) is 0 Å². The van der Waals surface area contributed by atoms with Crippen LogP contribution in [-0.4, -0.2) is 89.1 Å². The molecule has 1 rings (SSSR count). The summed E-state index contributed by atoms with van der Waals surface area (Å²) in [5, 5.41) is -1.11. The van der Waals surface area contributed by atoms with Crippen LogP contribution in [0, 0.1) is 0 Å². The molecular formula is C28H64O8Si4. The van der Waals surface area contributed by atoms with E-state index in [0.29, 0.717) is 50.6 Å². The van der Waals surface area contributed by atoms with E-state index in [1.807, 2.05) is 0 Å². The van der Waals surface area contributed by atoms with Gasteiger partial charge in [0.05, 0.1) is 0 Å². The number of hydrogen-bond donors (Lipinski definition) is 0. The molecule has 1 aliphatic rings. The van der Waals surface area contributed by atoms with Crippen LogP contribution in [0.2, 0.25) is 44.3 Å². The number of rotatable bonds is 12. The van der Waals surface area contributed by atoms with Crippen molar-refractivity contribution in [3.63, 3.8) is 0 Å². The summed E-state index contributed by atoms with van der Waals surface area (Å²) in [6, 6.07) is 2.77. The topological polar surface area (TPSA) is 73.8 Å². The fraction of sp³-hybridized carbons (Fsp3) is 1.00. The zero-order valence-electron chi connectivity index (χ0n) is 28.9. The highest BCUT2D eigenvalue weighted by atomic mass is 28.5. The maximum absolute atomic E-state index is 7.84. The Morgan fingerprint density at radius 2 is 0.500 bits per heavy atom. The second kappa shape index (κ2) is 14.1. The Bertz CT molecular complexity index is 632. The molecule has 0 bridgehead atoms. The third-order valence-corrected chi connectivity index (χ3v) is 31.6. The Labute approximate surface area is 251 Å². The molecule has 1 fully saturated rings. The van der Waals surface area contributed by atoms with Crippen LogP contribution in [0.1, 0.15) is 83.1 Å². The van der Waals surface area contributed by atoms with Crippen molar-refractivity contribution < 1.29 is 35.4 Å². The van der Waals surface area contributed by atoms with Gasteiger partial charge in [-0.25, -0.2) is 0 Å². The van der Waals surface area contributed by atoms with E-state index in [0.717, 1.165) is 0 Å². The molecule has 0 aliphatic carbocycles.